The number of phenols is 1. The molecule has 8 aliphatic rings. The Hall–Kier alpha value is -4.30. The highest BCUT2D eigenvalue weighted by atomic mass is 16.5. The van der Waals surface area contributed by atoms with Gasteiger partial charge in [0.15, 0.2) is 0 Å². The van der Waals surface area contributed by atoms with Crippen molar-refractivity contribution in [2.45, 2.75) is 73.0 Å². The number of rotatable bonds is 1. The number of benzene rings is 5. The predicted octanol–water partition coefficient (Wildman–Crippen LogP) is 9.32. The first-order valence-electron chi connectivity index (χ1n) is 17.2. The van der Waals surface area contributed by atoms with Crippen molar-refractivity contribution in [3.05, 3.63) is 162 Å². The van der Waals surface area contributed by atoms with Gasteiger partial charge in [-0.3, -0.25) is 0 Å². The lowest BCUT2D eigenvalue weighted by atomic mass is 9.74. The fourth-order valence-corrected chi connectivity index (χ4v) is 12.7. The van der Waals surface area contributed by atoms with Gasteiger partial charge in [-0.1, -0.05) is 72.8 Å². The number of hydrogen-bond donors (Lipinski definition) is 1. The van der Waals surface area contributed by atoms with E-state index in [9.17, 15) is 5.11 Å². The highest BCUT2D eigenvalue weighted by Gasteiger charge is 2.54. The van der Waals surface area contributed by atoms with Crippen molar-refractivity contribution in [3.63, 3.8) is 0 Å². The van der Waals surface area contributed by atoms with E-state index in [1.807, 2.05) is 7.11 Å². The molecule has 0 spiro atoms. The summed E-state index contributed by atoms with van der Waals surface area (Å²) in [5, 5.41) is 12.3. The second kappa shape index (κ2) is 7.23. The molecular weight excluding hydrogens is 548 g/mol. The van der Waals surface area contributed by atoms with E-state index in [-0.39, 0.29) is 11.8 Å². The molecule has 0 saturated heterocycles. The summed E-state index contributed by atoms with van der Waals surface area (Å²) in [6.07, 6.45) is 4.59. The van der Waals surface area contributed by atoms with E-state index in [1.54, 1.807) is 44.5 Å². The van der Waals surface area contributed by atoms with Crippen LogP contribution >= 0.6 is 0 Å². The van der Waals surface area contributed by atoms with Gasteiger partial charge in [-0.05, 0) is 92.4 Å². The van der Waals surface area contributed by atoms with Crippen LogP contribution in [0.4, 0.5) is 0 Å². The van der Waals surface area contributed by atoms with Crippen LogP contribution < -0.4 is 4.74 Å². The number of fused-ring (bicyclic) bond motifs is 32. The fourth-order valence-electron chi connectivity index (χ4n) is 12.7. The van der Waals surface area contributed by atoms with E-state index in [0.717, 1.165) is 18.6 Å². The third-order valence-corrected chi connectivity index (χ3v) is 14.1. The summed E-state index contributed by atoms with van der Waals surface area (Å²) >= 11 is 0. The van der Waals surface area contributed by atoms with Crippen LogP contribution in [0.3, 0.4) is 0 Å². The minimum absolute atomic E-state index is 0.268. The minimum atomic E-state index is 0.268. The van der Waals surface area contributed by atoms with Gasteiger partial charge in [0.2, 0.25) is 0 Å². The number of methoxy groups -OCH3 is 1. The van der Waals surface area contributed by atoms with Crippen molar-refractivity contribution in [1.29, 1.82) is 0 Å². The Morgan fingerprint density at radius 1 is 0.422 bits per heavy atom. The van der Waals surface area contributed by atoms with E-state index in [0.29, 0.717) is 41.3 Å². The molecule has 8 aliphatic carbocycles. The zero-order valence-corrected chi connectivity index (χ0v) is 25.2. The molecule has 1 N–H and O–H groups in total. The molecule has 8 atom stereocenters. The molecule has 5 aromatic rings. The minimum Gasteiger partial charge on any atom is -0.507 e. The second-order valence-corrected chi connectivity index (χ2v) is 15.4. The molecule has 0 aliphatic heterocycles. The molecule has 45 heavy (non-hydrogen) atoms. The average Bonchev–Trinajstić information content (AvgIpc) is 3.94. The topological polar surface area (TPSA) is 29.5 Å². The normalized spacial score (nSPS) is 31.0. The third kappa shape index (κ3) is 2.33. The Kier molecular flexibility index (Phi) is 3.71. The predicted molar refractivity (Wildman–Crippen MR) is 174 cm³/mol. The van der Waals surface area contributed by atoms with Crippen molar-refractivity contribution in [1.82, 2.24) is 0 Å². The van der Waals surface area contributed by atoms with Gasteiger partial charge < -0.3 is 9.84 Å². The molecule has 2 heteroatoms. The molecule has 0 amide bonds. The summed E-state index contributed by atoms with van der Waals surface area (Å²) in [7, 11) is 1.88. The zero-order chi connectivity index (χ0) is 29.0. The van der Waals surface area contributed by atoms with Crippen LogP contribution in [-0.4, -0.2) is 12.2 Å². The Bertz CT molecular complexity index is 2130. The van der Waals surface area contributed by atoms with Crippen LogP contribution in [-0.2, 0) is 0 Å². The summed E-state index contributed by atoms with van der Waals surface area (Å²) < 4.78 is 6.46. The van der Waals surface area contributed by atoms with Crippen molar-refractivity contribution in [3.8, 4) is 11.5 Å². The maximum atomic E-state index is 12.3. The quantitative estimate of drug-likeness (QED) is 0.214. The molecule has 216 valence electrons. The van der Waals surface area contributed by atoms with Crippen molar-refractivity contribution >= 4 is 0 Å². The van der Waals surface area contributed by atoms with E-state index in [2.05, 4.69) is 72.8 Å². The molecule has 0 fully saturated rings. The molecule has 5 aromatic carbocycles. The number of phenolic OH excluding ortho intramolecular Hbond substituents is 1. The van der Waals surface area contributed by atoms with Crippen molar-refractivity contribution < 1.29 is 9.84 Å². The van der Waals surface area contributed by atoms with Crippen LogP contribution in [0.2, 0.25) is 0 Å². The standard InChI is InChI=1S/C43H32O2/c1-45-43-40-36-16-34(30-12-26-22-10-24(28(26)14-32(30)36)20-8-4-2-6-18(20)22)38(40)42(44)39-35-17-37(41(39)43)33-15-29-25-11-23(27(29)13-31(33)35)19-7-3-5-9-21(19)25/h2-9,12-15,22-25,34-37,44H,10-11,16-17H2,1H3/t22-,23+,24+,25-,34-,35+,36+,37-. The van der Waals surface area contributed by atoms with Gasteiger partial charge in [0, 0.05) is 69.6 Å². The van der Waals surface area contributed by atoms with Gasteiger partial charge in [-0.25, -0.2) is 0 Å². The highest BCUT2D eigenvalue weighted by molar-refractivity contribution is 5.78. The van der Waals surface area contributed by atoms with Crippen molar-refractivity contribution in [2.75, 3.05) is 7.11 Å². The van der Waals surface area contributed by atoms with Gasteiger partial charge in [0.05, 0.1) is 7.11 Å². The van der Waals surface area contributed by atoms with Gasteiger partial charge in [-0.15, -0.1) is 0 Å². The highest BCUT2D eigenvalue weighted by Crippen LogP contribution is 2.71. The summed E-state index contributed by atoms with van der Waals surface area (Å²) in [5.74, 6) is 5.00. The monoisotopic (exact) mass is 580 g/mol. The molecule has 8 bridgehead atoms. The average molecular weight is 581 g/mol. The van der Waals surface area contributed by atoms with Gasteiger partial charge in [0.1, 0.15) is 11.5 Å². The van der Waals surface area contributed by atoms with E-state index in [4.69, 9.17) is 4.74 Å². The molecule has 2 nitrogen and oxygen atoms in total. The summed E-state index contributed by atoms with van der Waals surface area (Å²) in [5.41, 5.74) is 23.4. The lowest BCUT2D eigenvalue weighted by Crippen LogP contribution is -2.15. The van der Waals surface area contributed by atoms with Crippen LogP contribution in [0.25, 0.3) is 0 Å². The Balaban J connectivity index is 0.974. The van der Waals surface area contributed by atoms with Gasteiger partial charge >= 0.3 is 0 Å². The van der Waals surface area contributed by atoms with E-state index in [1.165, 1.54) is 57.3 Å². The fraction of sp³-hybridized carbons (Fsp3) is 0.302. The lowest BCUT2D eigenvalue weighted by Gasteiger charge is -2.31. The summed E-state index contributed by atoms with van der Waals surface area (Å²) in [6.45, 7) is 0. The SMILES string of the molecule is COc1c2c(c(O)c3c1[C@H]1C[C@@H]3c3cc4c(cc31)[C@H]1C[C@@H]4c3ccccc31)[C@H]1C[C@@H]2c2cc3c(cc21)[C@H]1C[C@@H]3c2ccccc21. The van der Waals surface area contributed by atoms with Crippen LogP contribution in [0.5, 0.6) is 11.5 Å². The molecular formula is C43H32O2. The number of ether oxygens (including phenoxy) is 1. The maximum absolute atomic E-state index is 12.3. The summed E-state index contributed by atoms with van der Waals surface area (Å²) in [4.78, 5) is 0. The first-order valence-corrected chi connectivity index (χ1v) is 17.2. The van der Waals surface area contributed by atoms with Gasteiger partial charge in [0.25, 0.3) is 0 Å². The van der Waals surface area contributed by atoms with Crippen LogP contribution in [0.1, 0.15) is 162 Å². The Morgan fingerprint density at radius 2 is 0.711 bits per heavy atom. The summed E-state index contributed by atoms with van der Waals surface area (Å²) in [6, 6.07) is 28.5. The maximum Gasteiger partial charge on any atom is 0.127 e. The largest absolute Gasteiger partial charge is 0.507 e. The van der Waals surface area contributed by atoms with Crippen LogP contribution in [0, 0.1) is 0 Å². The first kappa shape index (κ1) is 23.1. The zero-order valence-electron chi connectivity index (χ0n) is 25.2. The van der Waals surface area contributed by atoms with E-state index >= 15 is 0 Å². The van der Waals surface area contributed by atoms with Gasteiger partial charge in [-0.2, -0.15) is 0 Å². The molecule has 0 saturated carbocycles. The molecule has 0 radical (unpaired) electrons. The Morgan fingerprint density at radius 3 is 1.04 bits per heavy atom. The number of aromatic hydroxyl groups is 1. The van der Waals surface area contributed by atoms with Crippen molar-refractivity contribution in [2.24, 2.45) is 0 Å². The smallest absolute Gasteiger partial charge is 0.127 e. The second-order valence-electron chi connectivity index (χ2n) is 15.4. The molecule has 13 rings (SSSR count). The van der Waals surface area contributed by atoms with E-state index < -0.39 is 0 Å². The third-order valence-electron chi connectivity index (χ3n) is 14.1. The lowest BCUT2D eigenvalue weighted by molar-refractivity contribution is 0.398. The Labute approximate surface area is 262 Å². The molecule has 0 aromatic heterocycles. The molecule has 0 heterocycles. The van der Waals surface area contributed by atoms with Crippen LogP contribution in [0.15, 0.2) is 72.8 Å². The number of hydrogen-bond acceptors (Lipinski definition) is 2. The first-order chi connectivity index (χ1) is 22.2. The molecule has 0 unspecified atom stereocenters.